The fraction of sp³-hybridized carbons (Fsp3) is 1.00. The van der Waals surface area contributed by atoms with Crippen LogP contribution >= 0.6 is 12.8 Å². The maximum atomic E-state index is 4.12. The van der Waals surface area contributed by atoms with Crippen molar-refractivity contribution in [1.29, 1.82) is 0 Å². The molecule has 0 aromatic heterocycles. The van der Waals surface area contributed by atoms with E-state index in [1.54, 1.807) is 0 Å². The van der Waals surface area contributed by atoms with Gasteiger partial charge in [0.1, 0.15) is 0 Å². The Morgan fingerprint density at radius 1 is 1.19 bits per heavy atom. The molecule has 1 fully saturated rings. The lowest BCUT2D eigenvalue weighted by Crippen LogP contribution is -2.41. The van der Waals surface area contributed by atoms with E-state index < -0.39 is 0 Å². The predicted molar refractivity (Wildman–Crippen MR) is 74.9 cm³/mol. The van der Waals surface area contributed by atoms with Crippen LogP contribution in [-0.4, -0.2) is 31.1 Å². The van der Waals surface area contributed by atoms with E-state index in [4.69, 9.17) is 0 Å². The van der Waals surface area contributed by atoms with E-state index in [1.165, 1.54) is 58.2 Å². The molecule has 1 aliphatic rings. The van der Waals surface area contributed by atoms with Crippen molar-refractivity contribution in [3.8, 4) is 0 Å². The second-order valence-corrected chi connectivity index (χ2v) is 5.51. The molecule has 0 aromatic rings. The van der Waals surface area contributed by atoms with Gasteiger partial charge in [-0.05, 0) is 50.7 Å². The minimum absolute atomic E-state index is 0.609. The molecule has 0 aromatic carbocycles. The molecule has 1 rings (SSSR count). The largest absolute Gasteiger partial charge is 0.304 e. The smallest absolute Gasteiger partial charge is 0.00614 e. The highest BCUT2D eigenvalue weighted by atomic mass is 32.1. The molecule has 1 saturated heterocycles. The molecule has 3 heteroatoms. The average Bonchev–Trinajstić information content (AvgIpc) is 2.35. The van der Waals surface area contributed by atoms with Crippen molar-refractivity contribution in [3.63, 3.8) is 0 Å². The molecule has 1 aliphatic heterocycles. The Morgan fingerprint density at radius 3 is 2.38 bits per heavy atom. The van der Waals surface area contributed by atoms with Crippen LogP contribution in [0.25, 0.3) is 0 Å². The number of hydrogen-bond donors (Lipinski definition) is 2. The lowest BCUT2D eigenvalue weighted by molar-refractivity contribution is 0.0893. The summed E-state index contributed by atoms with van der Waals surface area (Å²) < 4.78 is 3.02. The molecule has 0 radical (unpaired) electrons. The second kappa shape index (κ2) is 7.57. The van der Waals surface area contributed by atoms with Gasteiger partial charge in [-0.2, -0.15) is 0 Å². The Hall–Kier alpha value is 0.270. The Morgan fingerprint density at radius 2 is 1.88 bits per heavy atom. The van der Waals surface area contributed by atoms with Crippen LogP contribution in [0.2, 0.25) is 0 Å². The molecule has 1 heterocycles. The van der Waals surface area contributed by atoms with Gasteiger partial charge in [0.25, 0.3) is 0 Å². The van der Waals surface area contributed by atoms with Gasteiger partial charge in [-0.1, -0.05) is 39.5 Å². The predicted octanol–water partition coefficient (Wildman–Crippen LogP) is 3.10. The monoisotopic (exact) mass is 244 g/mol. The average molecular weight is 244 g/mol. The molecule has 0 unspecified atom stereocenters. The Labute approximate surface area is 107 Å². The first-order valence-electron chi connectivity index (χ1n) is 6.85. The molecule has 0 aliphatic carbocycles. The van der Waals surface area contributed by atoms with Gasteiger partial charge in [0.05, 0.1) is 0 Å². The molecule has 0 atom stereocenters. The maximum absolute atomic E-state index is 4.12. The summed E-state index contributed by atoms with van der Waals surface area (Å²) in [7, 11) is 0. The topological polar surface area (TPSA) is 15.3 Å². The van der Waals surface area contributed by atoms with Gasteiger partial charge in [0.15, 0.2) is 0 Å². The molecule has 0 saturated carbocycles. The van der Waals surface area contributed by atoms with Gasteiger partial charge in [-0.15, -0.1) is 0 Å². The highest BCUT2D eigenvalue weighted by Gasteiger charge is 2.32. The van der Waals surface area contributed by atoms with E-state index in [0.717, 1.165) is 6.54 Å². The van der Waals surface area contributed by atoms with Crippen molar-refractivity contribution in [2.75, 3.05) is 26.2 Å². The van der Waals surface area contributed by atoms with Crippen molar-refractivity contribution in [2.45, 2.75) is 52.4 Å². The summed E-state index contributed by atoms with van der Waals surface area (Å²) in [6.07, 6.45) is 8.20. The van der Waals surface area contributed by atoms with Crippen LogP contribution in [0.15, 0.2) is 0 Å². The lowest BCUT2D eigenvalue weighted by atomic mass is 9.72. The fourth-order valence-electron chi connectivity index (χ4n) is 2.84. The molecule has 0 amide bonds. The summed E-state index contributed by atoms with van der Waals surface area (Å²) in [5.74, 6) is 0. The lowest BCUT2D eigenvalue weighted by Gasteiger charge is -2.42. The first kappa shape index (κ1) is 14.3. The highest BCUT2D eigenvalue weighted by molar-refractivity contribution is 7.78. The van der Waals surface area contributed by atoms with Crippen LogP contribution < -0.4 is 4.72 Å². The van der Waals surface area contributed by atoms with E-state index in [2.05, 4.69) is 36.3 Å². The Bertz CT molecular complexity index is 167. The highest BCUT2D eigenvalue weighted by Crippen LogP contribution is 2.39. The van der Waals surface area contributed by atoms with E-state index in [1.807, 2.05) is 0 Å². The van der Waals surface area contributed by atoms with Gasteiger partial charge in [-0.25, -0.2) is 0 Å². The molecule has 16 heavy (non-hydrogen) atoms. The van der Waals surface area contributed by atoms with Crippen molar-refractivity contribution in [1.82, 2.24) is 9.62 Å². The minimum Gasteiger partial charge on any atom is -0.304 e. The van der Waals surface area contributed by atoms with Crippen molar-refractivity contribution >= 4 is 12.8 Å². The van der Waals surface area contributed by atoms with Crippen LogP contribution in [0.5, 0.6) is 0 Å². The minimum atomic E-state index is 0.609. The number of rotatable bonds is 7. The third-order valence-electron chi connectivity index (χ3n) is 4.19. The summed E-state index contributed by atoms with van der Waals surface area (Å²) in [6, 6.07) is 0. The van der Waals surface area contributed by atoms with Crippen molar-refractivity contribution < 1.29 is 0 Å². The maximum Gasteiger partial charge on any atom is 0.00614 e. The zero-order valence-corrected chi connectivity index (χ0v) is 11.9. The summed E-state index contributed by atoms with van der Waals surface area (Å²) in [5, 5.41) is 0. The van der Waals surface area contributed by atoms with Crippen LogP contribution in [0.1, 0.15) is 52.4 Å². The quantitative estimate of drug-likeness (QED) is 0.669. The number of likely N-dealkylation sites (tertiary alicyclic amines) is 1. The van der Waals surface area contributed by atoms with Crippen LogP contribution in [0.3, 0.4) is 0 Å². The van der Waals surface area contributed by atoms with Gasteiger partial charge >= 0.3 is 0 Å². The number of unbranched alkanes of at least 4 members (excludes halogenated alkanes) is 1. The zero-order chi connectivity index (χ0) is 11.9. The third kappa shape index (κ3) is 4.27. The Kier molecular flexibility index (Phi) is 6.78. The number of nitrogens with zero attached hydrogens (tertiary/aromatic N) is 1. The number of thiol groups is 1. The van der Waals surface area contributed by atoms with E-state index >= 15 is 0 Å². The molecule has 0 bridgehead atoms. The fourth-order valence-corrected chi connectivity index (χ4v) is 2.95. The second-order valence-electron chi connectivity index (χ2n) is 5.20. The Balaban J connectivity index is 2.44. The number of piperidine rings is 1. The number of nitrogens with one attached hydrogen (secondary N) is 1. The molecular weight excluding hydrogens is 216 g/mol. The molecule has 0 spiro atoms. The third-order valence-corrected chi connectivity index (χ3v) is 4.42. The normalized spacial score (nSPS) is 21.2. The first-order valence-corrected chi connectivity index (χ1v) is 7.30. The molecular formula is C13H28N2S. The van der Waals surface area contributed by atoms with Crippen LogP contribution in [0.4, 0.5) is 0 Å². The van der Waals surface area contributed by atoms with Gasteiger partial charge in [0, 0.05) is 6.54 Å². The van der Waals surface area contributed by atoms with E-state index in [9.17, 15) is 0 Å². The first-order chi connectivity index (χ1) is 7.76. The summed E-state index contributed by atoms with van der Waals surface area (Å²) in [5.41, 5.74) is 0.609. The van der Waals surface area contributed by atoms with Gasteiger partial charge in [-0.3, -0.25) is 4.72 Å². The summed E-state index contributed by atoms with van der Waals surface area (Å²) in [4.78, 5) is 2.58. The van der Waals surface area contributed by atoms with Crippen molar-refractivity contribution in [3.05, 3.63) is 0 Å². The van der Waals surface area contributed by atoms with Crippen LogP contribution in [0, 0.1) is 5.41 Å². The van der Waals surface area contributed by atoms with Crippen LogP contribution in [-0.2, 0) is 0 Å². The van der Waals surface area contributed by atoms with Crippen molar-refractivity contribution in [2.24, 2.45) is 5.41 Å². The van der Waals surface area contributed by atoms with Gasteiger partial charge in [0.2, 0.25) is 0 Å². The SMILES string of the molecule is CCCCC1(CCNS)CCN(CC)CC1. The standard InChI is InChI=1S/C13H28N2S/c1-3-5-6-13(7-10-14-16)8-11-15(4-2)12-9-13/h14,16H,3-12H2,1-2H3. The van der Waals surface area contributed by atoms with E-state index in [-0.39, 0.29) is 0 Å². The zero-order valence-electron chi connectivity index (χ0n) is 11.0. The molecule has 96 valence electrons. The summed E-state index contributed by atoms with van der Waals surface area (Å²) >= 11 is 4.12. The van der Waals surface area contributed by atoms with E-state index in [0.29, 0.717) is 5.41 Å². The molecule has 1 N–H and O–H groups in total. The van der Waals surface area contributed by atoms with Gasteiger partial charge < -0.3 is 4.90 Å². The molecule has 2 nitrogen and oxygen atoms in total. The number of hydrogen-bond acceptors (Lipinski definition) is 3. The summed E-state index contributed by atoms with van der Waals surface area (Å²) in [6.45, 7) is 9.44.